The summed E-state index contributed by atoms with van der Waals surface area (Å²) in [5.41, 5.74) is 5.27. The zero-order valence-corrected chi connectivity index (χ0v) is 13.5. The zero-order chi connectivity index (χ0) is 15.8. The van der Waals surface area contributed by atoms with Crippen LogP contribution in [-0.2, 0) is 6.54 Å². The fraction of sp³-hybridized carbons (Fsp3) is 0.100. The Morgan fingerprint density at radius 3 is 2.70 bits per heavy atom. The van der Waals surface area contributed by atoms with E-state index in [9.17, 15) is 0 Å². The normalized spacial score (nSPS) is 11.2. The summed E-state index contributed by atoms with van der Waals surface area (Å²) < 4.78 is 5.86. The maximum Gasteiger partial charge on any atom is 0.153 e. The average molecular weight is 322 g/mol. The van der Waals surface area contributed by atoms with Crippen LogP contribution in [-0.4, -0.2) is 0 Å². The number of halogens is 1. The van der Waals surface area contributed by atoms with E-state index in [1.165, 1.54) is 11.1 Å². The molecule has 0 aliphatic heterocycles. The van der Waals surface area contributed by atoms with Crippen molar-refractivity contribution in [3.63, 3.8) is 0 Å². The van der Waals surface area contributed by atoms with Gasteiger partial charge in [0.05, 0.1) is 5.02 Å². The van der Waals surface area contributed by atoms with E-state index in [2.05, 4.69) is 42.6 Å². The molecule has 0 spiro atoms. The summed E-state index contributed by atoms with van der Waals surface area (Å²) in [6, 6.07) is 20.4. The summed E-state index contributed by atoms with van der Waals surface area (Å²) in [6.07, 6.45) is 0. The van der Waals surface area contributed by atoms with Crippen LogP contribution in [0.1, 0.15) is 11.1 Å². The molecule has 114 valence electrons. The van der Waals surface area contributed by atoms with E-state index in [0.29, 0.717) is 5.02 Å². The lowest BCUT2D eigenvalue weighted by molar-refractivity contribution is 0.669. The summed E-state index contributed by atoms with van der Waals surface area (Å²) in [5, 5.41) is 6.26. The van der Waals surface area contributed by atoms with Gasteiger partial charge in [0, 0.05) is 23.0 Å². The predicted octanol–water partition coefficient (Wildman–Crippen LogP) is 6.16. The van der Waals surface area contributed by atoms with Crippen LogP contribution in [0.4, 0.5) is 5.69 Å². The molecule has 1 aromatic heterocycles. The van der Waals surface area contributed by atoms with Gasteiger partial charge in [-0.3, -0.25) is 0 Å². The predicted molar refractivity (Wildman–Crippen MR) is 97.2 cm³/mol. The third kappa shape index (κ3) is 2.55. The number of rotatable bonds is 3. The van der Waals surface area contributed by atoms with Crippen molar-refractivity contribution in [1.82, 2.24) is 0 Å². The summed E-state index contributed by atoms with van der Waals surface area (Å²) in [7, 11) is 0. The second kappa shape index (κ2) is 5.64. The van der Waals surface area contributed by atoms with Gasteiger partial charge in [0.25, 0.3) is 0 Å². The SMILES string of the molecule is Cc1ccccc1CNc1ccc2oc3c(Cl)cccc3c2c1. The first-order chi connectivity index (χ1) is 11.2. The van der Waals surface area contributed by atoms with E-state index in [1.54, 1.807) is 0 Å². The van der Waals surface area contributed by atoms with Crippen molar-refractivity contribution in [3.8, 4) is 0 Å². The number of aryl methyl sites for hydroxylation is 1. The number of hydrogen-bond acceptors (Lipinski definition) is 2. The number of para-hydroxylation sites is 1. The second-order valence-corrected chi connectivity index (χ2v) is 6.12. The van der Waals surface area contributed by atoms with Gasteiger partial charge in [-0.15, -0.1) is 0 Å². The summed E-state index contributed by atoms with van der Waals surface area (Å²) in [5.74, 6) is 0. The number of furan rings is 1. The van der Waals surface area contributed by atoms with Gasteiger partial charge in [-0.2, -0.15) is 0 Å². The lowest BCUT2D eigenvalue weighted by atomic mass is 10.1. The third-order valence-corrected chi connectivity index (χ3v) is 4.49. The van der Waals surface area contributed by atoms with Crippen LogP contribution >= 0.6 is 11.6 Å². The van der Waals surface area contributed by atoms with E-state index in [0.717, 1.165) is 34.2 Å². The fourth-order valence-corrected chi connectivity index (χ4v) is 3.09. The summed E-state index contributed by atoms with van der Waals surface area (Å²) in [6.45, 7) is 2.93. The van der Waals surface area contributed by atoms with E-state index < -0.39 is 0 Å². The van der Waals surface area contributed by atoms with Crippen LogP contribution < -0.4 is 5.32 Å². The Labute approximate surface area is 139 Å². The summed E-state index contributed by atoms with van der Waals surface area (Å²) in [4.78, 5) is 0. The van der Waals surface area contributed by atoms with Gasteiger partial charge in [0.1, 0.15) is 5.58 Å². The van der Waals surface area contributed by atoms with Crippen LogP contribution in [0.15, 0.2) is 65.1 Å². The maximum atomic E-state index is 6.22. The molecule has 0 aliphatic carbocycles. The molecule has 0 saturated carbocycles. The first-order valence-corrected chi connectivity index (χ1v) is 7.99. The second-order valence-electron chi connectivity index (χ2n) is 5.71. The van der Waals surface area contributed by atoms with Crippen LogP contribution in [0.3, 0.4) is 0 Å². The molecule has 1 N–H and O–H groups in total. The van der Waals surface area contributed by atoms with Gasteiger partial charge in [-0.1, -0.05) is 48.0 Å². The molecule has 0 saturated heterocycles. The van der Waals surface area contributed by atoms with Gasteiger partial charge in [0.15, 0.2) is 5.58 Å². The Kier molecular flexibility index (Phi) is 3.47. The molecule has 0 radical (unpaired) electrons. The van der Waals surface area contributed by atoms with Crippen molar-refractivity contribution < 1.29 is 4.42 Å². The van der Waals surface area contributed by atoms with Crippen LogP contribution in [0.2, 0.25) is 5.02 Å². The van der Waals surface area contributed by atoms with Gasteiger partial charge >= 0.3 is 0 Å². The Morgan fingerprint density at radius 1 is 0.957 bits per heavy atom. The summed E-state index contributed by atoms with van der Waals surface area (Å²) >= 11 is 6.22. The largest absolute Gasteiger partial charge is 0.454 e. The van der Waals surface area contributed by atoms with Gasteiger partial charge in [-0.05, 0) is 42.3 Å². The molecule has 3 aromatic carbocycles. The van der Waals surface area contributed by atoms with Crippen molar-refractivity contribution >= 4 is 39.2 Å². The Balaban J connectivity index is 1.70. The van der Waals surface area contributed by atoms with Crippen molar-refractivity contribution in [2.75, 3.05) is 5.32 Å². The monoisotopic (exact) mass is 321 g/mol. The van der Waals surface area contributed by atoms with E-state index in [4.69, 9.17) is 16.0 Å². The zero-order valence-electron chi connectivity index (χ0n) is 12.8. The lowest BCUT2D eigenvalue weighted by Crippen LogP contribution is -2.00. The highest BCUT2D eigenvalue weighted by Crippen LogP contribution is 2.34. The van der Waals surface area contributed by atoms with Gasteiger partial charge in [0.2, 0.25) is 0 Å². The van der Waals surface area contributed by atoms with Crippen LogP contribution in [0.25, 0.3) is 21.9 Å². The Bertz CT molecular complexity index is 1000. The first kappa shape index (κ1) is 14.2. The molecule has 1 heterocycles. The smallest absolute Gasteiger partial charge is 0.153 e. The molecule has 0 atom stereocenters. The third-order valence-electron chi connectivity index (χ3n) is 4.19. The molecule has 0 unspecified atom stereocenters. The number of nitrogens with one attached hydrogen (secondary N) is 1. The topological polar surface area (TPSA) is 25.2 Å². The number of hydrogen-bond donors (Lipinski definition) is 1. The van der Waals surface area contributed by atoms with Crippen LogP contribution in [0, 0.1) is 6.92 Å². The fourth-order valence-electron chi connectivity index (χ4n) is 2.88. The molecule has 0 fully saturated rings. The lowest BCUT2D eigenvalue weighted by Gasteiger charge is -2.09. The van der Waals surface area contributed by atoms with Gasteiger partial charge in [-0.25, -0.2) is 0 Å². The molecule has 3 heteroatoms. The average Bonchev–Trinajstić information content (AvgIpc) is 2.94. The maximum absolute atomic E-state index is 6.22. The highest BCUT2D eigenvalue weighted by atomic mass is 35.5. The molecular formula is C20H16ClNO. The molecule has 4 aromatic rings. The van der Waals surface area contributed by atoms with Crippen molar-refractivity contribution in [2.24, 2.45) is 0 Å². The Hall–Kier alpha value is -2.45. The first-order valence-electron chi connectivity index (χ1n) is 7.61. The quantitative estimate of drug-likeness (QED) is 0.489. The number of benzene rings is 3. The van der Waals surface area contributed by atoms with Crippen LogP contribution in [0.5, 0.6) is 0 Å². The number of fused-ring (bicyclic) bond motifs is 3. The van der Waals surface area contributed by atoms with Crippen molar-refractivity contribution in [2.45, 2.75) is 13.5 Å². The molecule has 0 bridgehead atoms. The molecule has 4 rings (SSSR count). The molecule has 0 aliphatic rings. The van der Waals surface area contributed by atoms with Crippen molar-refractivity contribution in [1.29, 1.82) is 0 Å². The number of anilines is 1. The highest BCUT2D eigenvalue weighted by Gasteiger charge is 2.10. The minimum atomic E-state index is 0.646. The van der Waals surface area contributed by atoms with Crippen molar-refractivity contribution in [3.05, 3.63) is 76.8 Å². The molecular weight excluding hydrogens is 306 g/mol. The standard InChI is InChI=1S/C20H16ClNO/c1-13-5-2-3-6-14(13)12-22-15-9-10-19-17(11-15)16-7-4-8-18(21)20(16)23-19/h2-11,22H,12H2,1H3. The van der Waals surface area contributed by atoms with Gasteiger partial charge < -0.3 is 9.73 Å². The Morgan fingerprint density at radius 2 is 1.83 bits per heavy atom. The van der Waals surface area contributed by atoms with E-state index in [1.807, 2.05) is 30.3 Å². The van der Waals surface area contributed by atoms with E-state index in [-0.39, 0.29) is 0 Å². The minimum absolute atomic E-state index is 0.646. The van der Waals surface area contributed by atoms with E-state index >= 15 is 0 Å². The minimum Gasteiger partial charge on any atom is -0.454 e. The highest BCUT2D eigenvalue weighted by molar-refractivity contribution is 6.35. The molecule has 0 amide bonds. The molecule has 2 nitrogen and oxygen atoms in total. The molecule has 23 heavy (non-hydrogen) atoms.